The lowest BCUT2D eigenvalue weighted by atomic mass is 9.86. The second-order valence-electron chi connectivity index (χ2n) is 22.9. The van der Waals surface area contributed by atoms with Crippen LogP contribution in [-0.4, -0.2) is 4.40 Å². The largest absolute Gasteiger partial charge is 0.310 e. The van der Waals surface area contributed by atoms with Crippen molar-refractivity contribution in [2.75, 3.05) is 9.80 Å². The predicted octanol–water partition coefficient (Wildman–Crippen LogP) is 21.6. The van der Waals surface area contributed by atoms with Gasteiger partial charge in [-0.2, -0.15) is 0 Å². The fourth-order valence-electron chi connectivity index (χ4n) is 12.4. The Morgan fingerprint density at radius 1 is 0.291 bits per heavy atom. The van der Waals surface area contributed by atoms with E-state index in [9.17, 15) is 0 Å². The highest BCUT2D eigenvalue weighted by atomic mass is 15.2. The standard InChI is InChI=1S/C76H61N3/c1-48-18-14-16-24-69(48)77(71-44-57(28-26-50(71)3)52-20-10-8-11-21-52)63-36-32-55-40-65-67-42-61(54-30-34-62(35-31-54)76(5,6)7)43-68-66-41-56-33-37-64(39-60(56)47-74(66)79(75(67)68)73(65)46-59(55)38-63)78(70-25-17-15-19-49(70)2)72-45-58(29-27-51(72)4)53-22-12-9-13-23-53/h8-47H,1-7H3. The van der Waals surface area contributed by atoms with Crippen LogP contribution in [0.15, 0.2) is 243 Å². The van der Waals surface area contributed by atoms with E-state index in [-0.39, 0.29) is 5.41 Å². The number of para-hydroxylation sites is 2. The van der Waals surface area contributed by atoms with Crippen LogP contribution < -0.4 is 9.80 Å². The number of fused-ring (bicyclic) bond motifs is 8. The summed E-state index contributed by atoms with van der Waals surface area (Å²) in [5, 5.41) is 9.85. The first-order valence-electron chi connectivity index (χ1n) is 27.7. The first kappa shape index (κ1) is 48.0. The minimum absolute atomic E-state index is 0.0642. The molecule has 2 heterocycles. The average molecular weight is 1020 g/mol. The molecule has 0 bridgehead atoms. The maximum absolute atomic E-state index is 2.57. The number of rotatable bonds is 9. The highest BCUT2D eigenvalue weighted by Crippen LogP contribution is 2.48. The van der Waals surface area contributed by atoms with Gasteiger partial charge in [0.05, 0.1) is 16.6 Å². The van der Waals surface area contributed by atoms with Crippen molar-refractivity contribution in [1.82, 2.24) is 4.40 Å². The normalized spacial score (nSPS) is 12.0. The van der Waals surface area contributed by atoms with Gasteiger partial charge in [-0.15, -0.1) is 0 Å². The molecule has 0 aliphatic carbocycles. The summed E-state index contributed by atoms with van der Waals surface area (Å²) in [6.07, 6.45) is 0. The Kier molecular flexibility index (Phi) is 11.3. The monoisotopic (exact) mass is 1020 g/mol. The van der Waals surface area contributed by atoms with Crippen molar-refractivity contribution in [3.8, 4) is 33.4 Å². The zero-order valence-corrected chi connectivity index (χ0v) is 45.9. The van der Waals surface area contributed by atoms with Gasteiger partial charge >= 0.3 is 0 Å². The number of benzene rings is 12. The van der Waals surface area contributed by atoms with Gasteiger partial charge in [-0.3, -0.25) is 0 Å². The molecule has 0 spiro atoms. The van der Waals surface area contributed by atoms with E-state index in [1.165, 1.54) is 121 Å². The lowest BCUT2D eigenvalue weighted by molar-refractivity contribution is 0.590. The molecule has 0 aliphatic rings. The molecule has 0 N–H and O–H groups in total. The second-order valence-corrected chi connectivity index (χ2v) is 22.9. The zero-order chi connectivity index (χ0) is 53.7. The van der Waals surface area contributed by atoms with Crippen LogP contribution in [0, 0.1) is 27.7 Å². The number of anilines is 6. The van der Waals surface area contributed by atoms with Gasteiger partial charge in [0.25, 0.3) is 0 Å². The molecule has 0 saturated carbocycles. The van der Waals surface area contributed by atoms with Gasteiger partial charge in [0, 0.05) is 55.7 Å². The summed E-state index contributed by atoms with van der Waals surface area (Å²) >= 11 is 0. The van der Waals surface area contributed by atoms with E-state index in [1.807, 2.05) is 0 Å². The van der Waals surface area contributed by atoms with E-state index in [0.717, 1.165) is 34.1 Å². The van der Waals surface area contributed by atoms with Gasteiger partial charge in [0.15, 0.2) is 0 Å². The number of hydrogen-bond acceptors (Lipinski definition) is 2. The number of hydrogen-bond donors (Lipinski definition) is 0. The highest BCUT2D eigenvalue weighted by Gasteiger charge is 2.24. The molecule has 14 rings (SSSR count). The van der Waals surface area contributed by atoms with Crippen molar-refractivity contribution in [2.24, 2.45) is 0 Å². The fourth-order valence-corrected chi connectivity index (χ4v) is 12.4. The van der Waals surface area contributed by atoms with Gasteiger partial charge in [-0.25, -0.2) is 0 Å². The van der Waals surface area contributed by atoms with Crippen LogP contribution in [-0.2, 0) is 5.41 Å². The van der Waals surface area contributed by atoms with Crippen LogP contribution in [0.5, 0.6) is 0 Å². The first-order chi connectivity index (χ1) is 38.4. The molecule has 0 unspecified atom stereocenters. The molecule has 79 heavy (non-hydrogen) atoms. The highest BCUT2D eigenvalue weighted by molar-refractivity contribution is 6.27. The minimum atomic E-state index is 0.0642. The van der Waals surface area contributed by atoms with Gasteiger partial charge in [0.2, 0.25) is 0 Å². The van der Waals surface area contributed by atoms with Crippen LogP contribution in [0.3, 0.4) is 0 Å². The molecule has 2 aromatic heterocycles. The number of aryl methyl sites for hydroxylation is 4. The van der Waals surface area contributed by atoms with E-state index >= 15 is 0 Å². The summed E-state index contributed by atoms with van der Waals surface area (Å²) < 4.78 is 2.57. The third-order valence-electron chi connectivity index (χ3n) is 16.7. The van der Waals surface area contributed by atoms with Crippen LogP contribution in [0.25, 0.3) is 93.0 Å². The Hall–Kier alpha value is -9.44. The van der Waals surface area contributed by atoms with Crippen LogP contribution in [0.2, 0.25) is 0 Å². The maximum atomic E-state index is 2.57. The smallest absolute Gasteiger partial charge is 0.0620 e. The van der Waals surface area contributed by atoms with E-state index in [2.05, 4.69) is 305 Å². The molecular weight excluding hydrogens is 955 g/mol. The third-order valence-corrected chi connectivity index (χ3v) is 16.7. The van der Waals surface area contributed by atoms with E-state index in [4.69, 9.17) is 0 Å². The molecule has 0 aliphatic heterocycles. The molecule has 0 amide bonds. The van der Waals surface area contributed by atoms with Crippen molar-refractivity contribution < 1.29 is 0 Å². The van der Waals surface area contributed by atoms with Gasteiger partial charge < -0.3 is 14.2 Å². The third kappa shape index (κ3) is 8.19. The molecule has 12 aromatic carbocycles. The van der Waals surface area contributed by atoms with Crippen molar-refractivity contribution in [3.63, 3.8) is 0 Å². The molecule has 0 fully saturated rings. The summed E-state index contributed by atoms with van der Waals surface area (Å²) in [6, 6.07) is 90.7. The molecule has 0 atom stereocenters. The fraction of sp³-hybridized carbons (Fsp3) is 0.105. The van der Waals surface area contributed by atoms with Crippen molar-refractivity contribution >= 4 is 93.8 Å². The molecule has 0 saturated heterocycles. The Morgan fingerprint density at radius 2 is 0.696 bits per heavy atom. The Bertz CT molecular complexity index is 4410. The second kappa shape index (κ2) is 18.6. The SMILES string of the molecule is Cc1ccccc1N(c1ccc2cc3c4cc(-c5ccc(C(C)(C)C)cc5)cc5c6cc7ccc(N(c8ccccc8C)c8cc(-c9ccccc9)ccc8C)cc7cc6n(c3cc2c1)c45)c1cc(-c2ccccc2)ccc1C. The molecule has 380 valence electrons. The summed E-state index contributed by atoms with van der Waals surface area (Å²) in [5.41, 5.74) is 24.1. The van der Waals surface area contributed by atoms with E-state index < -0.39 is 0 Å². The number of nitrogens with zero attached hydrogens (tertiary/aromatic N) is 3. The predicted molar refractivity (Wildman–Crippen MR) is 339 cm³/mol. The maximum Gasteiger partial charge on any atom is 0.0620 e. The quantitative estimate of drug-likeness (QED) is 0.143. The lowest BCUT2D eigenvalue weighted by Gasteiger charge is -2.29. The topological polar surface area (TPSA) is 10.9 Å². The summed E-state index contributed by atoms with van der Waals surface area (Å²) in [5.74, 6) is 0. The molecule has 14 aromatic rings. The lowest BCUT2D eigenvalue weighted by Crippen LogP contribution is -2.12. The van der Waals surface area contributed by atoms with Crippen LogP contribution in [0.1, 0.15) is 48.6 Å². The van der Waals surface area contributed by atoms with Gasteiger partial charge in [-0.05, 0) is 201 Å². The van der Waals surface area contributed by atoms with E-state index in [0.29, 0.717) is 0 Å². The Morgan fingerprint density at radius 3 is 1.14 bits per heavy atom. The van der Waals surface area contributed by atoms with Crippen molar-refractivity contribution in [2.45, 2.75) is 53.9 Å². The summed E-state index contributed by atoms with van der Waals surface area (Å²) in [4.78, 5) is 4.92. The van der Waals surface area contributed by atoms with Gasteiger partial charge in [0.1, 0.15) is 0 Å². The number of aromatic nitrogens is 1. The van der Waals surface area contributed by atoms with Gasteiger partial charge in [-0.1, -0.05) is 178 Å². The van der Waals surface area contributed by atoms with Crippen molar-refractivity contribution in [3.05, 3.63) is 270 Å². The van der Waals surface area contributed by atoms with Crippen LogP contribution in [0.4, 0.5) is 34.1 Å². The molecular formula is C76H61N3. The first-order valence-corrected chi connectivity index (χ1v) is 27.7. The van der Waals surface area contributed by atoms with Crippen molar-refractivity contribution in [1.29, 1.82) is 0 Å². The Labute approximate surface area is 463 Å². The minimum Gasteiger partial charge on any atom is -0.310 e. The Balaban J connectivity index is 0.999. The zero-order valence-electron chi connectivity index (χ0n) is 45.9. The summed E-state index contributed by atoms with van der Waals surface area (Å²) in [7, 11) is 0. The van der Waals surface area contributed by atoms with Crippen LogP contribution >= 0.6 is 0 Å². The molecule has 0 radical (unpaired) electrons. The molecule has 3 heteroatoms. The molecule has 3 nitrogen and oxygen atoms in total. The van der Waals surface area contributed by atoms with E-state index in [1.54, 1.807) is 0 Å². The summed E-state index contributed by atoms with van der Waals surface area (Å²) in [6.45, 7) is 15.8. The average Bonchev–Trinajstić information content (AvgIpc) is 3.23.